The Hall–Kier alpha value is -3.06. The summed E-state index contributed by atoms with van der Waals surface area (Å²) in [6.45, 7) is 1.20. The highest BCUT2D eigenvalue weighted by molar-refractivity contribution is 5.97. The molecule has 7 heteroatoms. The molecule has 2 amide bonds. The van der Waals surface area contributed by atoms with Crippen LogP contribution in [-0.2, 0) is 4.79 Å². The minimum Gasteiger partial charge on any atom is -0.486 e. The quantitative estimate of drug-likeness (QED) is 0.811. The normalized spacial score (nSPS) is 15.3. The van der Waals surface area contributed by atoms with E-state index in [9.17, 15) is 9.59 Å². The maximum Gasteiger partial charge on any atom is 0.251 e. The van der Waals surface area contributed by atoms with Crippen LogP contribution in [0, 0.1) is 0 Å². The number of carbonyl (C=O) groups excluding carboxylic acids is 2. The van der Waals surface area contributed by atoms with Gasteiger partial charge in [0.2, 0.25) is 5.91 Å². The topological polar surface area (TPSA) is 79.9 Å². The van der Waals surface area contributed by atoms with E-state index in [2.05, 4.69) is 10.6 Å². The number of carbonyl (C=O) groups is 2. The monoisotopic (exact) mass is 369 g/mol. The third-order valence-electron chi connectivity index (χ3n) is 4.13. The molecule has 1 atom stereocenters. The minimum atomic E-state index is -0.196. The Morgan fingerprint density at radius 3 is 2.70 bits per heavy atom. The zero-order valence-electron chi connectivity index (χ0n) is 15.4. The molecule has 1 aliphatic rings. The predicted octanol–water partition coefficient (Wildman–Crippen LogP) is 1.76. The first-order valence-corrected chi connectivity index (χ1v) is 8.74. The van der Waals surface area contributed by atoms with Crippen molar-refractivity contribution in [2.75, 3.05) is 39.1 Å². The summed E-state index contributed by atoms with van der Waals surface area (Å²) >= 11 is 0. The van der Waals surface area contributed by atoms with Crippen LogP contribution in [0.4, 0.5) is 5.69 Å². The third kappa shape index (κ3) is 4.98. The second-order valence-corrected chi connectivity index (χ2v) is 6.40. The van der Waals surface area contributed by atoms with Crippen molar-refractivity contribution in [1.82, 2.24) is 10.2 Å². The van der Waals surface area contributed by atoms with Gasteiger partial charge >= 0.3 is 0 Å². The number of amides is 2. The molecule has 2 N–H and O–H groups in total. The second-order valence-electron chi connectivity index (χ2n) is 6.40. The molecule has 2 aromatic carbocycles. The van der Waals surface area contributed by atoms with Gasteiger partial charge in [-0.05, 0) is 37.4 Å². The van der Waals surface area contributed by atoms with E-state index in [1.807, 2.05) is 36.2 Å². The van der Waals surface area contributed by atoms with Crippen LogP contribution >= 0.6 is 0 Å². The van der Waals surface area contributed by atoms with Gasteiger partial charge in [0.05, 0.1) is 6.54 Å². The van der Waals surface area contributed by atoms with Crippen LogP contribution in [0.1, 0.15) is 10.4 Å². The number of para-hydroxylation sites is 2. The van der Waals surface area contributed by atoms with E-state index in [4.69, 9.17) is 9.47 Å². The maximum atomic E-state index is 12.3. The number of benzene rings is 2. The van der Waals surface area contributed by atoms with Crippen molar-refractivity contribution in [2.24, 2.45) is 0 Å². The molecule has 1 aliphatic heterocycles. The van der Waals surface area contributed by atoms with Gasteiger partial charge < -0.3 is 20.1 Å². The first-order valence-electron chi connectivity index (χ1n) is 8.74. The summed E-state index contributed by atoms with van der Waals surface area (Å²) in [6, 6.07) is 14.4. The summed E-state index contributed by atoms with van der Waals surface area (Å²) in [5.74, 6) is 1.10. The highest BCUT2D eigenvalue weighted by Gasteiger charge is 2.22. The zero-order chi connectivity index (χ0) is 19.2. The smallest absolute Gasteiger partial charge is 0.251 e. The average Bonchev–Trinajstić information content (AvgIpc) is 2.67. The molecule has 0 spiro atoms. The zero-order valence-corrected chi connectivity index (χ0v) is 15.4. The number of fused-ring (bicyclic) bond motifs is 1. The lowest BCUT2D eigenvalue weighted by Gasteiger charge is -2.29. The molecule has 0 radical (unpaired) electrons. The van der Waals surface area contributed by atoms with Crippen LogP contribution in [-0.4, -0.2) is 56.6 Å². The largest absolute Gasteiger partial charge is 0.486 e. The van der Waals surface area contributed by atoms with E-state index < -0.39 is 0 Å². The molecule has 0 saturated heterocycles. The van der Waals surface area contributed by atoms with E-state index >= 15 is 0 Å². The van der Waals surface area contributed by atoms with Crippen LogP contribution in [0.25, 0.3) is 0 Å². The lowest BCUT2D eigenvalue weighted by atomic mass is 10.2. The van der Waals surface area contributed by atoms with Gasteiger partial charge in [-0.15, -0.1) is 0 Å². The molecule has 0 aliphatic carbocycles. The molecule has 0 fully saturated rings. The fourth-order valence-electron chi connectivity index (χ4n) is 2.89. The highest BCUT2D eigenvalue weighted by Crippen LogP contribution is 2.30. The Morgan fingerprint density at radius 1 is 1.15 bits per heavy atom. The summed E-state index contributed by atoms with van der Waals surface area (Å²) in [4.78, 5) is 25.8. The van der Waals surface area contributed by atoms with Crippen molar-refractivity contribution in [3.63, 3.8) is 0 Å². The fourth-order valence-corrected chi connectivity index (χ4v) is 2.89. The summed E-state index contributed by atoms with van der Waals surface area (Å²) in [6.07, 6.45) is -0.144. The van der Waals surface area contributed by atoms with Crippen molar-refractivity contribution in [2.45, 2.75) is 6.10 Å². The van der Waals surface area contributed by atoms with Crippen LogP contribution in [0.3, 0.4) is 0 Å². The van der Waals surface area contributed by atoms with Gasteiger partial charge in [0, 0.05) is 24.8 Å². The fraction of sp³-hybridized carbons (Fsp3) is 0.300. The molecule has 0 aromatic heterocycles. The van der Waals surface area contributed by atoms with Crippen molar-refractivity contribution in [3.8, 4) is 11.5 Å². The number of hydrogen-bond acceptors (Lipinski definition) is 5. The van der Waals surface area contributed by atoms with Gasteiger partial charge in [-0.25, -0.2) is 0 Å². The number of rotatable bonds is 6. The molecule has 27 heavy (non-hydrogen) atoms. The number of hydrogen-bond donors (Lipinski definition) is 2. The van der Waals surface area contributed by atoms with Crippen molar-refractivity contribution in [1.29, 1.82) is 0 Å². The van der Waals surface area contributed by atoms with Crippen LogP contribution < -0.4 is 20.1 Å². The van der Waals surface area contributed by atoms with Gasteiger partial charge in [-0.2, -0.15) is 0 Å². The standard InChI is InChI=1S/C20H23N3O4/c1-21-20(25)14-6-5-7-15(10-14)22-19(24)12-23(2)11-16-13-26-17-8-3-4-9-18(17)27-16/h3-10,16H,11-13H2,1-2H3,(H,21,25)(H,22,24)/t16-/m1/s1. The van der Waals surface area contributed by atoms with Crippen molar-refractivity contribution < 1.29 is 19.1 Å². The number of anilines is 1. The SMILES string of the molecule is CNC(=O)c1cccc(NC(=O)CN(C)C[C@@H]2COc3ccccc3O2)c1. The second kappa shape index (κ2) is 8.55. The summed E-state index contributed by atoms with van der Waals surface area (Å²) in [7, 11) is 3.42. The summed E-state index contributed by atoms with van der Waals surface area (Å²) < 4.78 is 11.6. The Balaban J connectivity index is 1.50. The van der Waals surface area contributed by atoms with Crippen LogP contribution in [0.2, 0.25) is 0 Å². The highest BCUT2D eigenvalue weighted by atomic mass is 16.6. The van der Waals surface area contributed by atoms with Crippen LogP contribution in [0.5, 0.6) is 11.5 Å². The minimum absolute atomic E-state index is 0.144. The van der Waals surface area contributed by atoms with E-state index in [0.29, 0.717) is 24.4 Å². The first-order chi connectivity index (χ1) is 13.0. The summed E-state index contributed by atoms with van der Waals surface area (Å²) in [5, 5.41) is 5.37. The van der Waals surface area contributed by atoms with Gasteiger partial charge in [-0.3, -0.25) is 14.5 Å². The van der Waals surface area contributed by atoms with Crippen molar-refractivity contribution in [3.05, 3.63) is 54.1 Å². The molecule has 0 bridgehead atoms. The molecular weight excluding hydrogens is 346 g/mol. The first kappa shape index (κ1) is 18.7. The predicted molar refractivity (Wildman–Crippen MR) is 102 cm³/mol. The van der Waals surface area contributed by atoms with E-state index in [1.165, 1.54) is 0 Å². The average molecular weight is 369 g/mol. The van der Waals surface area contributed by atoms with Gasteiger partial charge in [0.15, 0.2) is 11.5 Å². The number of nitrogens with zero attached hydrogens (tertiary/aromatic N) is 1. The molecule has 2 aromatic rings. The summed E-state index contributed by atoms with van der Waals surface area (Å²) in [5.41, 5.74) is 1.08. The Bertz CT molecular complexity index is 824. The van der Waals surface area contributed by atoms with Crippen molar-refractivity contribution >= 4 is 17.5 Å². The molecular formula is C20H23N3O4. The van der Waals surface area contributed by atoms with E-state index in [0.717, 1.165) is 11.5 Å². The van der Waals surface area contributed by atoms with Gasteiger partial charge in [0.1, 0.15) is 12.7 Å². The van der Waals surface area contributed by atoms with Crippen LogP contribution in [0.15, 0.2) is 48.5 Å². The Labute approximate surface area is 158 Å². The Morgan fingerprint density at radius 2 is 1.93 bits per heavy atom. The lowest BCUT2D eigenvalue weighted by molar-refractivity contribution is -0.117. The number of ether oxygens (including phenoxy) is 2. The Kier molecular flexibility index (Phi) is 5.93. The number of likely N-dealkylation sites (N-methyl/N-ethyl adjacent to an activating group) is 1. The maximum absolute atomic E-state index is 12.3. The molecule has 7 nitrogen and oxygen atoms in total. The molecule has 0 saturated carbocycles. The third-order valence-corrected chi connectivity index (χ3v) is 4.13. The van der Waals surface area contributed by atoms with Gasteiger partial charge in [0.25, 0.3) is 5.91 Å². The number of nitrogens with one attached hydrogen (secondary N) is 2. The lowest BCUT2D eigenvalue weighted by Crippen LogP contribution is -2.42. The molecule has 1 heterocycles. The van der Waals surface area contributed by atoms with E-state index in [-0.39, 0.29) is 24.5 Å². The van der Waals surface area contributed by atoms with E-state index in [1.54, 1.807) is 31.3 Å². The molecule has 142 valence electrons. The molecule has 3 rings (SSSR count). The van der Waals surface area contributed by atoms with Gasteiger partial charge in [-0.1, -0.05) is 18.2 Å². The molecule has 0 unspecified atom stereocenters.